The van der Waals surface area contributed by atoms with E-state index in [1.165, 1.54) is 18.5 Å². The van der Waals surface area contributed by atoms with Gasteiger partial charge in [-0.05, 0) is 25.0 Å². The van der Waals surface area contributed by atoms with Gasteiger partial charge in [-0.25, -0.2) is 0 Å². The minimum atomic E-state index is -0.181. The highest BCUT2D eigenvalue weighted by atomic mass is 32.1. The van der Waals surface area contributed by atoms with E-state index in [0.29, 0.717) is 5.95 Å². The number of piperazine rings is 1. The molecule has 1 aromatic carbocycles. The minimum absolute atomic E-state index is 0.0526. The van der Waals surface area contributed by atoms with E-state index in [4.69, 9.17) is 4.74 Å². The van der Waals surface area contributed by atoms with Crippen LogP contribution in [0.1, 0.15) is 19.8 Å². The molecule has 2 amide bonds. The summed E-state index contributed by atoms with van der Waals surface area (Å²) < 4.78 is 9.65. The Morgan fingerprint density at radius 1 is 1.06 bits per heavy atom. The predicted octanol–water partition coefficient (Wildman–Crippen LogP) is 2.07. The van der Waals surface area contributed by atoms with Gasteiger partial charge >= 0.3 is 0 Å². The van der Waals surface area contributed by atoms with Crippen LogP contribution in [0.3, 0.4) is 0 Å². The molecule has 0 unspecified atom stereocenters. The Morgan fingerprint density at radius 2 is 1.77 bits per heavy atom. The predicted molar refractivity (Wildman–Crippen MR) is 121 cm³/mol. The molecule has 31 heavy (non-hydrogen) atoms. The third-order valence-electron chi connectivity index (χ3n) is 5.84. The molecular weight excluding hydrogens is 416 g/mol. The highest BCUT2D eigenvalue weighted by Gasteiger charge is 2.31. The fraction of sp³-hybridized carbons (Fsp3) is 0.524. The monoisotopic (exact) mass is 444 g/mol. The summed E-state index contributed by atoms with van der Waals surface area (Å²) in [6, 6.07) is 8.02. The van der Waals surface area contributed by atoms with Crippen molar-refractivity contribution in [3.8, 4) is 5.75 Å². The van der Waals surface area contributed by atoms with Crippen LogP contribution in [0.2, 0.25) is 0 Å². The normalized spacial score (nSPS) is 17.5. The minimum Gasteiger partial charge on any atom is -0.495 e. The topological polar surface area (TPSA) is 90.9 Å². The average Bonchev–Trinajstić information content (AvgIpc) is 3.26. The van der Waals surface area contributed by atoms with E-state index in [1.807, 2.05) is 23.1 Å². The molecule has 1 N–H and O–H groups in total. The number of methoxy groups -OCH3 is 1. The number of amides is 2. The van der Waals surface area contributed by atoms with E-state index < -0.39 is 0 Å². The Bertz CT molecular complexity index is 919. The number of benzene rings is 1. The number of carbonyl (C=O) groups excluding carboxylic acids is 2. The lowest BCUT2D eigenvalue weighted by Crippen LogP contribution is -2.51. The van der Waals surface area contributed by atoms with E-state index in [-0.39, 0.29) is 17.7 Å². The first-order valence-corrected chi connectivity index (χ1v) is 11.4. The Labute approximate surface area is 186 Å². The van der Waals surface area contributed by atoms with Crippen LogP contribution in [0.15, 0.2) is 24.3 Å². The van der Waals surface area contributed by atoms with Crippen molar-refractivity contribution in [3.05, 3.63) is 24.3 Å². The summed E-state index contributed by atoms with van der Waals surface area (Å²) in [4.78, 5) is 35.0. The number of carbonyl (C=O) groups is 2. The molecule has 2 aliphatic heterocycles. The highest BCUT2D eigenvalue weighted by molar-refractivity contribution is 7.09. The van der Waals surface area contributed by atoms with Crippen LogP contribution in [-0.4, -0.2) is 72.5 Å². The number of rotatable bonds is 5. The second-order valence-corrected chi connectivity index (χ2v) is 8.56. The summed E-state index contributed by atoms with van der Waals surface area (Å²) in [5.41, 5.74) is 1.08. The molecule has 2 aromatic rings. The third kappa shape index (κ3) is 4.90. The van der Waals surface area contributed by atoms with Crippen LogP contribution in [-0.2, 0) is 9.59 Å². The number of nitrogens with one attached hydrogen (secondary N) is 1. The van der Waals surface area contributed by atoms with Gasteiger partial charge in [0.05, 0.1) is 12.8 Å². The molecule has 2 fully saturated rings. The Morgan fingerprint density at radius 3 is 2.45 bits per heavy atom. The van der Waals surface area contributed by atoms with Crippen LogP contribution < -0.4 is 19.9 Å². The molecule has 0 bridgehead atoms. The van der Waals surface area contributed by atoms with Gasteiger partial charge in [-0.2, -0.15) is 9.36 Å². The lowest BCUT2D eigenvalue weighted by Gasteiger charge is -2.39. The molecule has 0 radical (unpaired) electrons. The van der Waals surface area contributed by atoms with Crippen molar-refractivity contribution in [2.45, 2.75) is 19.8 Å². The molecule has 0 aliphatic carbocycles. The molecule has 2 saturated heterocycles. The molecule has 10 heteroatoms. The first-order valence-electron chi connectivity index (χ1n) is 10.6. The van der Waals surface area contributed by atoms with Crippen molar-refractivity contribution in [2.24, 2.45) is 5.92 Å². The standard InChI is InChI=1S/C21H28N6O3S/c1-15(28)22-20-23-21(31-24-20)27-9-7-16(8-10-27)19(29)26-13-11-25(12-14-26)17-5-3-4-6-18(17)30-2/h3-6,16H,7-14H2,1-2H3,(H,22,24,28). The number of piperidine rings is 1. The summed E-state index contributed by atoms with van der Waals surface area (Å²) in [6.07, 6.45) is 1.61. The molecule has 1 aromatic heterocycles. The zero-order valence-electron chi connectivity index (χ0n) is 17.9. The van der Waals surface area contributed by atoms with Crippen molar-refractivity contribution in [1.29, 1.82) is 0 Å². The molecule has 0 atom stereocenters. The maximum Gasteiger partial charge on any atom is 0.243 e. The van der Waals surface area contributed by atoms with E-state index in [0.717, 1.165) is 68.7 Å². The zero-order chi connectivity index (χ0) is 21.8. The van der Waals surface area contributed by atoms with Gasteiger partial charge in [0.25, 0.3) is 0 Å². The first-order chi connectivity index (χ1) is 15.0. The van der Waals surface area contributed by atoms with Gasteiger partial charge in [0, 0.05) is 63.6 Å². The molecular formula is C21H28N6O3S. The zero-order valence-corrected chi connectivity index (χ0v) is 18.7. The number of nitrogens with zero attached hydrogens (tertiary/aromatic N) is 5. The van der Waals surface area contributed by atoms with E-state index in [2.05, 4.69) is 30.5 Å². The van der Waals surface area contributed by atoms with Crippen LogP contribution in [0.5, 0.6) is 5.75 Å². The van der Waals surface area contributed by atoms with Crippen LogP contribution in [0, 0.1) is 5.92 Å². The van der Waals surface area contributed by atoms with Gasteiger partial charge in [0.1, 0.15) is 5.75 Å². The summed E-state index contributed by atoms with van der Waals surface area (Å²) >= 11 is 1.28. The number of ether oxygens (including phenoxy) is 1. The van der Waals surface area contributed by atoms with Gasteiger partial charge in [-0.15, -0.1) is 0 Å². The van der Waals surface area contributed by atoms with Crippen LogP contribution in [0.4, 0.5) is 16.8 Å². The third-order valence-corrected chi connectivity index (χ3v) is 6.61. The van der Waals surface area contributed by atoms with Crippen molar-refractivity contribution in [1.82, 2.24) is 14.3 Å². The number of hydrogen-bond donors (Lipinski definition) is 1. The summed E-state index contributed by atoms with van der Waals surface area (Å²) in [5.74, 6) is 1.35. The molecule has 0 spiro atoms. The molecule has 2 aliphatic rings. The van der Waals surface area contributed by atoms with E-state index in [1.54, 1.807) is 7.11 Å². The summed E-state index contributed by atoms with van der Waals surface area (Å²) in [7, 11) is 1.69. The summed E-state index contributed by atoms with van der Waals surface area (Å²) in [6.45, 7) is 6.05. The Hall–Kier alpha value is -2.88. The lowest BCUT2D eigenvalue weighted by atomic mass is 9.95. The maximum absolute atomic E-state index is 13.1. The molecule has 9 nitrogen and oxygen atoms in total. The molecule has 3 heterocycles. The second kappa shape index (κ2) is 9.51. The lowest BCUT2D eigenvalue weighted by molar-refractivity contribution is -0.136. The van der Waals surface area contributed by atoms with Gasteiger partial charge < -0.3 is 19.4 Å². The van der Waals surface area contributed by atoms with Gasteiger partial charge in [-0.1, -0.05) is 12.1 Å². The Kier molecular flexibility index (Phi) is 6.55. The fourth-order valence-corrected chi connectivity index (χ4v) is 4.87. The van der Waals surface area contributed by atoms with E-state index in [9.17, 15) is 9.59 Å². The van der Waals surface area contributed by atoms with Gasteiger partial charge in [0.2, 0.25) is 22.9 Å². The van der Waals surface area contributed by atoms with Crippen molar-refractivity contribution >= 4 is 40.1 Å². The van der Waals surface area contributed by atoms with Crippen molar-refractivity contribution in [3.63, 3.8) is 0 Å². The van der Waals surface area contributed by atoms with Crippen LogP contribution >= 0.6 is 11.5 Å². The largest absolute Gasteiger partial charge is 0.495 e. The molecule has 166 valence electrons. The van der Waals surface area contributed by atoms with Gasteiger partial charge in [0.15, 0.2) is 0 Å². The smallest absolute Gasteiger partial charge is 0.243 e. The fourth-order valence-electron chi connectivity index (χ4n) is 4.19. The van der Waals surface area contributed by atoms with Crippen LogP contribution in [0.25, 0.3) is 0 Å². The number of aromatic nitrogens is 2. The first kappa shape index (κ1) is 21.4. The summed E-state index contributed by atoms with van der Waals surface area (Å²) in [5, 5.41) is 3.40. The van der Waals surface area contributed by atoms with Crippen molar-refractivity contribution < 1.29 is 14.3 Å². The van der Waals surface area contributed by atoms with Crippen molar-refractivity contribution in [2.75, 3.05) is 61.5 Å². The average molecular weight is 445 g/mol. The second-order valence-electron chi connectivity index (χ2n) is 7.83. The quantitative estimate of drug-likeness (QED) is 0.755. The van der Waals surface area contributed by atoms with Gasteiger partial charge in [-0.3, -0.25) is 14.9 Å². The highest BCUT2D eigenvalue weighted by Crippen LogP contribution is 2.30. The number of anilines is 3. The molecule has 0 saturated carbocycles. The number of para-hydroxylation sites is 2. The molecule has 4 rings (SSSR count). The number of hydrogen-bond acceptors (Lipinski definition) is 8. The SMILES string of the molecule is COc1ccccc1N1CCN(C(=O)C2CCN(c3nc(NC(C)=O)ns3)CC2)CC1. The van der Waals surface area contributed by atoms with E-state index >= 15 is 0 Å². The Balaban J connectivity index is 1.28. The maximum atomic E-state index is 13.1.